The second-order valence-electron chi connectivity index (χ2n) is 7.85. The Labute approximate surface area is 200 Å². The van der Waals surface area contributed by atoms with E-state index in [1.165, 1.54) is 22.4 Å². The lowest BCUT2D eigenvalue weighted by Gasteiger charge is -2.35. The summed E-state index contributed by atoms with van der Waals surface area (Å²) in [5.41, 5.74) is 0.996. The molecule has 0 bridgehead atoms. The molecule has 4 rings (SSSR count). The van der Waals surface area contributed by atoms with Crippen LogP contribution in [0, 0.1) is 10.1 Å². The Hall–Kier alpha value is -3.44. The molecule has 1 aliphatic heterocycles. The van der Waals surface area contributed by atoms with E-state index in [2.05, 4.69) is 4.98 Å². The first kappa shape index (κ1) is 23.7. The first-order valence-corrected chi connectivity index (χ1v) is 12.0. The van der Waals surface area contributed by atoms with Crippen LogP contribution in [0.1, 0.15) is 6.42 Å². The smallest absolute Gasteiger partial charge is 0.292 e. The molecule has 3 aromatic rings. The van der Waals surface area contributed by atoms with Crippen LogP contribution in [0.25, 0.3) is 10.9 Å². The summed E-state index contributed by atoms with van der Waals surface area (Å²) in [4.78, 5) is 45.0. The molecule has 2 aromatic carbocycles. The number of nitro benzene ring substituents is 1. The molecule has 10 nitrogen and oxygen atoms in total. The zero-order valence-electron chi connectivity index (χ0n) is 18.5. The van der Waals surface area contributed by atoms with Crippen LogP contribution in [-0.4, -0.2) is 68.9 Å². The number of benzene rings is 2. The molecule has 178 valence electrons. The van der Waals surface area contributed by atoms with Gasteiger partial charge in [-0.25, -0.2) is 4.98 Å². The van der Waals surface area contributed by atoms with Crippen LogP contribution in [0.4, 0.5) is 11.4 Å². The van der Waals surface area contributed by atoms with E-state index in [0.717, 1.165) is 0 Å². The molecule has 1 N–H and O–H groups in total. The summed E-state index contributed by atoms with van der Waals surface area (Å²) in [6, 6.07) is 13.7. The van der Waals surface area contributed by atoms with E-state index in [4.69, 9.17) is 0 Å². The highest BCUT2D eigenvalue weighted by Gasteiger charge is 2.25. The van der Waals surface area contributed by atoms with Gasteiger partial charge in [0.1, 0.15) is 5.69 Å². The van der Waals surface area contributed by atoms with E-state index in [1.54, 1.807) is 41.3 Å². The number of anilines is 1. The van der Waals surface area contributed by atoms with Crippen molar-refractivity contribution in [2.24, 2.45) is 0 Å². The predicted molar refractivity (Wildman–Crippen MR) is 130 cm³/mol. The van der Waals surface area contributed by atoms with Crippen LogP contribution in [0.15, 0.2) is 58.5 Å². The lowest BCUT2D eigenvalue weighted by molar-refractivity contribution is -0.384. The summed E-state index contributed by atoms with van der Waals surface area (Å²) in [6.07, 6.45) is 0.412. The summed E-state index contributed by atoms with van der Waals surface area (Å²) in [5.74, 6) is 0.0402. The van der Waals surface area contributed by atoms with Gasteiger partial charge in [-0.2, -0.15) is 0 Å². The van der Waals surface area contributed by atoms with Crippen molar-refractivity contribution in [2.45, 2.75) is 18.1 Å². The van der Waals surface area contributed by atoms with Crippen LogP contribution < -0.4 is 10.5 Å². The average molecular weight is 484 g/mol. The highest BCUT2D eigenvalue weighted by atomic mass is 32.2. The molecule has 0 unspecified atom stereocenters. The Balaban J connectivity index is 1.43. The van der Waals surface area contributed by atoms with Crippen molar-refractivity contribution < 1.29 is 14.8 Å². The number of para-hydroxylation sites is 3. The number of thioether (sulfide) groups is 1. The Bertz CT molecular complexity index is 1260. The van der Waals surface area contributed by atoms with Crippen molar-refractivity contribution in [3.63, 3.8) is 0 Å². The number of carbonyl (C=O) groups excluding carboxylic acids is 1. The van der Waals surface area contributed by atoms with Gasteiger partial charge in [0.25, 0.3) is 11.2 Å². The first-order chi connectivity index (χ1) is 16.5. The van der Waals surface area contributed by atoms with Crippen LogP contribution >= 0.6 is 11.8 Å². The second kappa shape index (κ2) is 10.7. The number of fused-ring (bicyclic) bond motifs is 1. The van der Waals surface area contributed by atoms with E-state index in [0.29, 0.717) is 60.9 Å². The molecule has 0 atom stereocenters. The number of aliphatic hydroxyl groups is 1. The zero-order chi connectivity index (χ0) is 24.1. The molecule has 2 heterocycles. The minimum Gasteiger partial charge on any atom is -0.396 e. The third-order valence-corrected chi connectivity index (χ3v) is 6.70. The van der Waals surface area contributed by atoms with Crippen molar-refractivity contribution in [3.05, 3.63) is 69.0 Å². The lowest BCUT2D eigenvalue weighted by Crippen LogP contribution is -2.49. The molecule has 0 saturated carbocycles. The number of hydrogen-bond donors (Lipinski definition) is 1. The van der Waals surface area contributed by atoms with Gasteiger partial charge in [0.15, 0.2) is 5.16 Å². The van der Waals surface area contributed by atoms with Crippen molar-refractivity contribution in [2.75, 3.05) is 43.4 Å². The molecule has 11 heteroatoms. The van der Waals surface area contributed by atoms with Gasteiger partial charge in [0.2, 0.25) is 5.91 Å². The molecular weight excluding hydrogens is 458 g/mol. The van der Waals surface area contributed by atoms with E-state index < -0.39 is 4.92 Å². The van der Waals surface area contributed by atoms with E-state index in [1.807, 2.05) is 11.0 Å². The number of nitrogens with zero attached hydrogens (tertiary/aromatic N) is 5. The summed E-state index contributed by atoms with van der Waals surface area (Å²) in [5, 5.41) is 21.5. The highest BCUT2D eigenvalue weighted by molar-refractivity contribution is 7.99. The fraction of sp³-hybridized carbons (Fsp3) is 0.348. The highest BCUT2D eigenvalue weighted by Crippen LogP contribution is 2.28. The predicted octanol–water partition coefficient (Wildman–Crippen LogP) is 2.13. The molecule has 1 aromatic heterocycles. The van der Waals surface area contributed by atoms with Gasteiger partial charge in [0.05, 0.1) is 21.6 Å². The van der Waals surface area contributed by atoms with Gasteiger partial charge in [-0.15, -0.1) is 0 Å². The Morgan fingerprint density at radius 3 is 2.53 bits per heavy atom. The van der Waals surface area contributed by atoms with Crippen LogP contribution in [-0.2, 0) is 11.3 Å². The maximum atomic E-state index is 12.9. The van der Waals surface area contributed by atoms with Gasteiger partial charge < -0.3 is 14.9 Å². The lowest BCUT2D eigenvalue weighted by atomic mass is 10.2. The van der Waals surface area contributed by atoms with Crippen LogP contribution in [0.5, 0.6) is 0 Å². The SMILES string of the molecule is O=C(CSc1nc2ccccc2c(=O)n1CCCO)N1CCN(c2ccccc2[N+](=O)[O-])CC1. The van der Waals surface area contributed by atoms with E-state index in [9.17, 15) is 24.8 Å². The number of amides is 1. The molecule has 34 heavy (non-hydrogen) atoms. The summed E-state index contributed by atoms with van der Waals surface area (Å²) < 4.78 is 1.52. The second-order valence-corrected chi connectivity index (χ2v) is 8.79. The minimum absolute atomic E-state index is 0.0494. The molecule has 0 radical (unpaired) electrons. The van der Waals surface area contributed by atoms with Gasteiger partial charge in [-0.3, -0.25) is 24.3 Å². The topological polar surface area (TPSA) is 122 Å². The molecule has 0 aliphatic carbocycles. The molecule has 0 spiro atoms. The Kier molecular flexibility index (Phi) is 7.43. The first-order valence-electron chi connectivity index (χ1n) is 11.0. The number of nitro groups is 1. The summed E-state index contributed by atoms with van der Waals surface area (Å²) in [6.45, 7) is 2.17. The van der Waals surface area contributed by atoms with E-state index >= 15 is 0 Å². The van der Waals surface area contributed by atoms with Gasteiger partial charge in [-0.05, 0) is 24.6 Å². The largest absolute Gasteiger partial charge is 0.396 e. The fourth-order valence-electron chi connectivity index (χ4n) is 3.98. The van der Waals surface area contributed by atoms with Crippen LogP contribution in [0.2, 0.25) is 0 Å². The standard InChI is InChI=1S/C23H25N5O5S/c29-15-5-10-27-22(31)17-6-1-2-7-18(17)24-23(27)34-16-21(30)26-13-11-25(12-14-26)19-8-3-4-9-20(19)28(32)33/h1-4,6-9,29H,5,10-16H2. The number of aromatic nitrogens is 2. The van der Waals surface area contributed by atoms with Crippen LogP contribution in [0.3, 0.4) is 0 Å². The van der Waals surface area contributed by atoms with Gasteiger partial charge in [0, 0.05) is 45.4 Å². The zero-order valence-corrected chi connectivity index (χ0v) is 19.3. The molecular formula is C23H25N5O5S. The molecule has 1 aliphatic rings. The van der Waals surface area contributed by atoms with Crippen molar-refractivity contribution in [3.8, 4) is 0 Å². The quantitative estimate of drug-likeness (QED) is 0.224. The van der Waals surface area contributed by atoms with Crippen molar-refractivity contribution >= 4 is 39.9 Å². The molecule has 1 amide bonds. The maximum absolute atomic E-state index is 12.9. The third-order valence-electron chi connectivity index (χ3n) is 5.74. The normalized spacial score (nSPS) is 13.9. The van der Waals surface area contributed by atoms with Gasteiger partial charge in [-0.1, -0.05) is 36.0 Å². The number of piperazine rings is 1. The maximum Gasteiger partial charge on any atom is 0.292 e. The Morgan fingerprint density at radius 1 is 1.09 bits per heavy atom. The number of hydrogen-bond acceptors (Lipinski definition) is 8. The minimum atomic E-state index is -0.392. The number of aliphatic hydroxyl groups excluding tert-OH is 1. The summed E-state index contributed by atoms with van der Waals surface area (Å²) >= 11 is 1.21. The van der Waals surface area contributed by atoms with E-state index in [-0.39, 0.29) is 29.5 Å². The number of rotatable bonds is 8. The van der Waals surface area contributed by atoms with Gasteiger partial charge >= 0.3 is 0 Å². The molecule has 1 fully saturated rings. The fourth-order valence-corrected chi connectivity index (χ4v) is 4.91. The average Bonchev–Trinajstić information content (AvgIpc) is 2.87. The van der Waals surface area contributed by atoms with Crippen molar-refractivity contribution in [1.29, 1.82) is 0 Å². The Morgan fingerprint density at radius 2 is 1.79 bits per heavy atom. The van der Waals surface area contributed by atoms with Crippen molar-refractivity contribution in [1.82, 2.24) is 14.5 Å². The third kappa shape index (κ3) is 5.05. The molecule has 1 saturated heterocycles. The number of carbonyl (C=O) groups is 1. The monoisotopic (exact) mass is 483 g/mol. The summed E-state index contributed by atoms with van der Waals surface area (Å²) in [7, 11) is 0.